The monoisotopic (exact) mass is 474 g/mol. The van der Waals surface area contributed by atoms with Gasteiger partial charge < -0.3 is 25.1 Å². The Morgan fingerprint density at radius 3 is 2.68 bits per heavy atom. The second-order valence-electron chi connectivity index (χ2n) is 11.8. The van der Waals surface area contributed by atoms with Gasteiger partial charge >= 0.3 is 5.97 Å². The molecule has 4 aliphatic carbocycles. The first kappa shape index (κ1) is 23.8. The molecule has 5 aliphatic rings. The van der Waals surface area contributed by atoms with Gasteiger partial charge in [-0.2, -0.15) is 0 Å². The van der Waals surface area contributed by atoms with Crippen LogP contribution < -0.4 is 0 Å². The molecule has 1 heterocycles. The highest BCUT2D eigenvalue weighted by molar-refractivity contribution is 5.96. The fourth-order valence-electron chi connectivity index (χ4n) is 8.19. The van der Waals surface area contributed by atoms with Crippen molar-refractivity contribution in [3.8, 4) is 0 Å². The van der Waals surface area contributed by atoms with E-state index in [9.17, 15) is 24.9 Å². The van der Waals surface area contributed by atoms with Crippen molar-refractivity contribution < 1.29 is 29.7 Å². The number of fused-ring (bicyclic) bond motifs is 5. The van der Waals surface area contributed by atoms with Gasteiger partial charge in [0.1, 0.15) is 6.04 Å². The van der Waals surface area contributed by atoms with Crippen LogP contribution in [-0.4, -0.2) is 69.2 Å². The van der Waals surface area contributed by atoms with Crippen LogP contribution in [0.4, 0.5) is 0 Å². The van der Waals surface area contributed by atoms with E-state index in [0.29, 0.717) is 17.8 Å². The average molecular weight is 475 g/mol. The molecule has 0 aromatic carbocycles. The molecule has 1 saturated heterocycles. The lowest BCUT2D eigenvalue weighted by Crippen LogP contribution is -2.51. The number of carbonyl (C=O) groups is 2. The molecule has 3 N–H and O–H groups in total. The summed E-state index contributed by atoms with van der Waals surface area (Å²) in [5.74, 6) is 0.380. The number of allylic oxidation sites excluding steroid dienone is 2. The van der Waals surface area contributed by atoms with E-state index in [1.807, 2.05) is 0 Å². The molecule has 34 heavy (non-hydrogen) atoms. The van der Waals surface area contributed by atoms with Gasteiger partial charge in [-0.05, 0) is 86.0 Å². The second-order valence-corrected chi connectivity index (χ2v) is 11.8. The number of β-amino-alcohol motifs (C(OH)–C–C–N with tert-alkyl or cyclic N) is 1. The molecule has 8 heteroatoms. The number of amides is 1. The number of rotatable bonds is 4. The summed E-state index contributed by atoms with van der Waals surface area (Å²) in [5.41, 5.74) is 2.52. The highest BCUT2D eigenvalue weighted by Crippen LogP contribution is 2.65. The highest BCUT2D eigenvalue weighted by atomic mass is 16.6. The van der Waals surface area contributed by atoms with Gasteiger partial charge in [0.2, 0.25) is 0 Å². The summed E-state index contributed by atoms with van der Waals surface area (Å²) >= 11 is 0. The van der Waals surface area contributed by atoms with Crippen molar-refractivity contribution >= 4 is 17.6 Å². The van der Waals surface area contributed by atoms with Crippen LogP contribution in [0.5, 0.6) is 0 Å². The molecule has 188 valence electrons. The van der Waals surface area contributed by atoms with Crippen molar-refractivity contribution in [2.45, 2.75) is 89.9 Å². The number of aliphatic carboxylic acids is 1. The highest BCUT2D eigenvalue weighted by Gasteiger charge is 2.58. The van der Waals surface area contributed by atoms with Crippen molar-refractivity contribution in [1.29, 1.82) is 0 Å². The third-order valence-electron chi connectivity index (χ3n) is 10.2. The van der Waals surface area contributed by atoms with E-state index in [1.165, 1.54) is 23.3 Å². The number of carbonyl (C=O) groups excluding carboxylic acids is 1. The van der Waals surface area contributed by atoms with Gasteiger partial charge in [0, 0.05) is 13.0 Å². The number of carboxylic acids is 1. The molecule has 0 radical (unpaired) electrons. The second kappa shape index (κ2) is 8.63. The van der Waals surface area contributed by atoms with Gasteiger partial charge in [0.25, 0.3) is 5.91 Å². The van der Waals surface area contributed by atoms with Crippen LogP contribution in [0.1, 0.15) is 71.6 Å². The molecule has 8 nitrogen and oxygen atoms in total. The number of carboxylic acid groups (broad SMARTS) is 1. The molecular formula is C26H38N2O6. The molecule has 4 fully saturated rings. The minimum Gasteiger partial charge on any atom is -0.480 e. The predicted molar refractivity (Wildman–Crippen MR) is 125 cm³/mol. The third-order valence-corrected chi connectivity index (χ3v) is 10.2. The van der Waals surface area contributed by atoms with Gasteiger partial charge in [0.15, 0.2) is 6.61 Å². The van der Waals surface area contributed by atoms with Crippen LogP contribution in [0, 0.1) is 28.6 Å². The predicted octanol–water partition coefficient (Wildman–Crippen LogP) is 2.73. The quantitative estimate of drug-likeness (QED) is 0.539. The number of aliphatic hydroxyl groups is 2. The molecule has 0 unspecified atom stereocenters. The number of nitrogens with zero attached hydrogens (tertiary/aromatic N) is 2. The van der Waals surface area contributed by atoms with Crippen molar-refractivity contribution in [3.05, 3.63) is 11.6 Å². The molecule has 1 amide bonds. The van der Waals surface area contributed by atoms with Gasteiger partial charge in [0.05, 0.1) is 17.9 Å². The Labute approximate surface area is 201 Å². The Morgan fingerprint density at radius 2 is 1.91 bits per heavy atom. The summed E-state index contributed by atoms with van der Waals surface area (Å²) < 4.78 is 0. The van der Waals surface area contributed by atoms with E-state index < -0.39 is 24.0 Å². The van der Waals surface area contributed by atoms with E-state index in [0.717, 1.165) is 44.2 Å². The molecule has 0 aromatic rings. The van der Waals surface area contributed by atoms with Crippen LogP contribution in [0.25, 0.3) is 0 Å². The molecule has 5 rings (SSSR count). The smallest absolute Gasteiger partial charge is 0.326 e. The minimum atomic E-state index is -1.11. The third kappa shape index (κ3) is 3.77. The lowest BCUT2D eigenvalue weighted by Gasteiger charge is -2.57. The summed E-state index contributed by atoms with van der Waals surface area (Å²) in [6.07, 6.45) is 9.64. The molecule has 8 atom stereocenters. The van der Waals surface area contributed by atoms with E-state index in [-0.39, 0.29) is 36.5 Å². The van der Waals surface area contributed by atoms with Crippen molar-refractivity contribution in [3.63, 3.8) is 0 Å². The molecule has 3 saturated carbocycles. The van der Waals surface area contributed by atoms with Crippen LogP contribution in [0.3, 0.4) is 0 Å². The zero-order chi connectivity index (χ0) is 24.3. The Morgan fingerprint density at radius 1 is 1.12 bits per heavy atom. The standard InChI is InChI=1S/C26H38N2O6/c1-25-9-7-16(27-34-14-23(31)28-13-17(29)12-21(28)24(32)33)11-15(25)3-4-18-19-5-6-22(30)26(19,2)10-8-20(18)25/h11,17-22,29-30H,3-10,12-14H2,1-2H3,(H,32,33)/b27-16+/t17-,18+,19+,20+,21-,22+,25+,26+/m1/s1. The maximum absolute atomic E-state index is 12.4. The fourth-order valence-corrected chi connectivity index (χ4v) is 8.19. The van der Waals surface area contributed by atoms with E-state index in [4.69, 9.17) is 4.84 Å². The molecule has 0 bridgehead atoms. The Balaban J connectivity index is 1.24. The molecule has 0 spiro atoms. The Bertz CT molecular complexity index is 917. The number of likely N-dealkylation sites (tertiary alicyclic amines) is 1. The topological polar surface area (TPSA) is 120 Å². The van der Waals surface area contributed by atoms with Gasteiger partial charge in [-0.3, -0.25) is 4.79 Å². The SMILES string of the molecule is C[C@]12CC[C@H]3[C@@H](CCC4=C/C(=N/OCC(=O)N5C[C@H](O)C[C@@H]5C(=O)O)CC[C@@]43C)[C@@H]1CC[C@@H]2O. The zero-order valence-corrected chi connectivity index (χ0v) is 20.3. The number of hydrogen-bond acceptors (Lipinski definition) is 6. The number of aliphatic hydroxyl groups excluding tert-OH is 2. The van der Waals surface area contributed by atoms with Gasteiger partial charge in [-0.25, -0.2) is 4.79 Å². The first-order valence-corrected chi connectivity index (χ1v) is 12.9. The minimum absolute atomic E-state index is 0.0117. The fraction of sp³-hybridized carbons (Fsp3) is 0.808. The summed E-state index contributed by atoms with van der Waals surface area (Å²) in [6.45, 7) is 4.41. The maximum Gasteiger partial charge on any atom is 0.326 e. The first-order valence-electron chi connectivity index (χ1n) is 12.9. The van der Waals surface area contributed by atoms with Crippen molar-refractivity contribution in [2.24, 2.45) is 33.7 Å². The van der Waals surface area contributed by atoms with Crippen LogP contribution >= 0.6 is 0 Å². The maximum atomic E-state index is 12.4. The summed E-state index contributed by atoms with van der Waals surface area (Å²) in [4.78, 5) is 30.3. The molecule has 1 aliphatic heterocycles. The van der Waals surface area contributed by atoms with Crippen LogP contribution in [0.2, 0.25) is 0 Å². The van der Waals surface area contributed by atoms with Gasteiger partial charge in [-0.15, -0.1) is 0 Å². The van der Waals surface area contributed by atoms with Gasteiger partial charge in [-0.1, -0.05) is 24.6 Å². The van der Waals surface area contributed by atoms with E-state index in [2.05, 4.69) is 25.1 Å². The van der Waals surface area contributed by atoms with Crippen LogP contribution in [0.15, 0.2) is 16.8 Å². The van der Waals surface area contributed by atoms with Crippen LogP contribution in [-0.2, 0) is 14.4 Å². The Kier molecular flexibility index (Phi) is 6.04. The first-order chi connectivity index (χ1) is 16.1. The lowest BCUT2D eigenvalue weighted by atomic mass is 9.47. The molecular weight excluding hydrogens is 436 g/mol. The lowest BCUT2D eigenvalue weighted by molar-refractivity contribution is -0.150. The van der Waals surface area contributed by atoms with E-state index >= 15 is 0 Å². The largest absolute Gasteiger partial charge is 0.480 e. The summed E-state index contributed by atoms with van der Waals surface area (Å²) in [5, 5.41) is 33.9. The average Bonchev–Trinajstić information content (AvgIpc) is 3.33. The Hall–Kier alpha value is -1.93. The number of hydrogen-bond donors (Lipinski definition) is 3. The summed E-state index contributed by atoms with van der Waals surface area (Å²) in [6, 6.07) is -1.01. The number of oxime groups is 1. The zero-order valence-electron chi connectivity index (χ0n) is 20.3. The van der Waals surface area contributed by atoms with Crippen molar-refractivity contribution in [2.75, 3.05) is 13.2 Å². The normalized spacial score (nSPS) is 44.8. The summed E-state index contributed by atoms with van der Waals surface area (Å²) in [7, 11) is 0. The van der Waals surface area contributed by atoms with Crippen molar-refractivity contribution in [1.82, 2.24) is 4.90 Å². The van der Waals surface area contributed by atoms with E-state index in [1.54, 1.807) is 0 Å². The molecule has 0 aromatic heterocycles.